The molecule has 1 unspecified atom stereocenters. The summed E-state index contributed by atoms with van der Waals surface area (Å²) in [5, 5.41) is 0. The number of nitrogens with two attached hydrogens (primary N) is 1. The molecular weight excluding hydrogens is 286 g/mol. The zero-order valence-electron chi connectivity index (χ0n) is 14.7. The second kappa shape index (κ2) is 8.46. The highest BCUT2D eigenvalue weighted by Crippen LogP contribution is 2.20. The van der Waals surface area contributed by atoms with E-state index in [0.29, 0.717) is 5.92 Å². The van der Waals surface area contributed by atoms with Crippen LogP contribution in [0.15, 0.2) is 30.3 Å². The Kier molecular flexibility index (Phi) is 6.60. The van der Waals surface area contributed by atoms with Crippen molar-refractivity contribution in [1.82, 2.24) is 9.80 Å². The first-order valence-electron chi connectivity index (χ1n) is 8.74. The van der Waals surface area contributed by atoms with Crippen LogP contribution in [0.4, 0.5) is 0 Å². The Hall–Kier alpha value is -1.39. The summed E-state index contributed by atoms with van der Waals surface area (Å²) in [5.41, 5.74) is 7.35. The van der Waals surface area contributed by atoms with E-state index >= 15 is 0 Å². The van der Waals surface area contributed by atoms with Crippen LogP contribution in [-0.2, 0) is 11.3 Å². The van der Waals surface area contributed by atoms with Gasteiger partial charge in [0.2, 0.25) is 5.91 Å². The lowest BCUT2D eigenvalue weighted by molar-refractivity contribution is -0.133. The highest BCUT2D eigenvalue weighted by atomic mass is 16.2. The molecule has 1 aromatic carbocycles. The van der Waals surface area contributed by atoms with Gasteiger partial charge in [-0.2, -0.15) is 0 Å². The van der Waals surface area contributed by atoms with Gasteiger partial charge in [-0.15, -0.1) is 0 Å². The number of likely N-dealkylation sites (tertiary alicyclic amines) is 1. The fraction of sp³-hybridized carbons (Fsp3) is 0.632. The molecule has 1 aliphatic heterocycles. The molecule has 2 N–H and O–H groups in total. The van der Waals surface area contributed by atoms with E-state index in [0.717, 1.165) is 39.0 Å². The minimum Gasteiger partial charge on any atom is -0.344 e. The molecule has 1 amide bonds. The molecule has 0 bridgehead atoms. The van der Waals surface area contributed by atoms with Gasteiger partial charge < -0.3 is 10.6 Å². The molecule has 0 aliphatic carbocycles. The molecule has 2 rings (SSSR count). The van der Waals surface area contributed by atoms with Crippen molar-refractivity contribution in [3.05, 3.63) is 35.9 Å². The van der Waals surface area contributed by atoms with Gasteiger partial charge in [-0.05, 0) is 43.3 Å². The summed E-state index contributed by atoms with van der Waals surface area (Å²) in [6.07, 6.45) is 2.31. The van der Waals surface area contributed by atoms with Crippen molar-refractivity contribution in [2.75, 3.05) is 26.7 Å². The van der Waals surface area contributed by atoms with Gasteiger partial charge in [-0.3, -0.25) is 9.69 Å². The van der Waals surface area contributed by atoms with E-state index < -0.39 is 0 Å². The van der Waals surface area contributed by atoms with E-state index in [-0.39, 0.29) is 17.9 Å². The molecule has 1 saturated heterocycles. The van der Waals surface area contributed by atoms with Crippen molar-refractivity contribution in [3.63, 3.8) is 0 Å². The van der Waals surface area contributed by atoms with Crippen LogP contribution in [0.5, 0.6) is 0 Å². The van der Waals surface area contributed by atoms with Gasteiger partial charge in [0.25, 0.3) is 0 Å². The molecule has 0 saturated carbocycles. The summed E-state index contributed by atoms with van der Waals surface area (Å²) in [6.45, 7) is 8.07. The van der Waals surface area contributed by atoms with Crippen molar-refractivity contribution < 1.29 is 4.79 Å². The molecule has 0 radical (unpaired) electrons. The van der Waals surface area contributed by atoms with Gasteiger partial charge in [0, 0.05) is 20.1 Å². The third-order valence-corrected chi connectivity index (χ3v) is 4.87. The first-order chi connectivity index (χ1) is 11.0. The van der Waals surface area contributed by atoms with Crippen molar-refractivity contribution >= 4 is 5.91 Å². The zero-order chi connectivity index (χ0) is 16.8. The second-order valence-corrected chi connectivity index (χ2v) is 7.19. The number of nitrogens with zero attached hydrogens (tertiary/aromatic N) is 2. The second-order valence-electron chi connectivity index (χ2n) is 7.19. The number of hydrogen-bond donors (Lipinski definition) is 1. The van der Waals surface area contributed by atoms with Gasteiger partial charge in [0.1, 0.15) is 0 Å². The van der Waals surface area contributed by atoms with E-state index in [1.54, 1.807) is 0 Å². The Labute approximate surface area is 140 Å². The summed E-state index contributed by atoms with van der Waals surface area (Å²) in [7, 11) is 1.89. The summed E-state index contributed by atoms with van der Waals surface area (Å²) in [6, 6.07) is 10.3. The van der Waals surface area contributed by atoms with E-state index in [1.807, 2.05) is 25.8 Å². The summed E-state index contributed by atoms with van der Waals surface area (Å²) in [4.78, 5) is 16.6. The normalized spacial score (nSPS) is 18.1. The first-order valence-corrected chi connectivity index (χ1v) is 8.74. The molecule has 0 aromatic heterocycles. The van der Waals surface area contributed by atoms with Gasteiger partial charge >= 0.3 is 0 Å². The Morgan fingerprint density at radius 3 is 2.43 bits per heavy atom. The quantitative estimate of drug-likeness (QED) is 0.876. The fourth-order valence-electron chi connectivity index (χ4n) is 3.19. The largest absolute Gasteiger partial charge is 0.344 e. The van der Waals surface area contributed by atoms with Gasteiger partial charge in [-0.1, -0.05) is 44.2 Å². The number of hydrogen-bond acceptors (Lipinski definition) is 3. The summed E-state index contributed by atoms with van der Waals surface area (Å²) >= 11 is 0. The zero-order valence-corrected chi connectivity index (χ0v) is 14.7. The minimum atomic E-state index is -0.377. The number of amides is 1. The molecule has 0 spiro atoms. The van der Waals surface area contributed by atoms with Gasteiger partial charge in [0.15, 0.2) is 0 Å². The Balaban J connectivity index is 1.75. The highest BCUT2D eigenvalue weighted by molar-refractivity contribution is 5.81. The van der Waals surface area contributed by atoms with Crippen LogP contribution in [0.25, 0.3) is 0 Å². The molecule has 1 atom stereocenters. The van der Waals surface area contributed by atoms with Gasteiger partial charge in [0.05, 0.1) is 6.04 Å². The molecule has 1 fully saturated rings. The van der Waals surface area contributed by atoms with Crippen molar-refractivity contribution in [2.24, 2.45) is 17.6 Å². The van der Waals surface area contributed by atoms with Crippen molar-refractivity contribution in [3.8, 4) is 0 Å². The monoisotopic (exact) mass is 317 g/mol. The SMILES string of the molecule is CC(C)C(N)C(=O)N(C)CC1CCN(Cc2ccccc2)CC1. The third kappa shape index (κ3) is 5.33. The van der Waals surface area contributed by atoms with Crippen LogP contribution >= 0.6 is 0 Å². The Morgan fingerprint density at radius 2 is 1.87 bits per heavy atom. The van der Waals surface area contributed by atoms with Crippen LogP contribution in [0.1, 0.15) is 32.3 Å². The van der Waals surface area contributed by atoms with Crippen LogP contribution in [-0.4, -0.2) is 48.4 Å². The Morgan fingerprint density at radius 1 is 1.26 bits per heavy atom. The maximum atomic E-state index is 12.3. The van der Waals surface area contributed by atoms with Gasteiger partial charge in [-0.25, -0.2) is 0 Å². The molecule has 4 heteroatoms. The standard InChI is InChI=1S/C19H31N3O/c1-15(2)18(20)19(23)21(3)13-17-9-11-22(12-10-17)14-16-7-5-4-6-8-16/h4-8,15,17-18H,9-14,20H2,1-3H3. The third-order valence-electron chi connectivity index (χ3n) is 4.87. The smallest absolute Gasteiger partial charge is 0.239 e. The van der Waals surface area contributed by atoms with Crippen LogP contribution in [0.2, 0.25) is 0 Å². The molecule has 1 aliphatic rings. The first kappa shape index (κ1) is 18.0. The highest BCUT2D eigenvalue weighted by Gasteiger charge is 2.25. The molecule has 128 valence electrons. The Bertz CT molecular complexity index is 481. The predicted molar refractivity (Wildman–Crippen MR) is 94.9 cm³/mol. The molecule has 23 heavy (non-hydrogen) atoms. The van der Waals surface area contributed by atoms with Crippen molar-refractivity contribution in [1.29, 1.82) is 0 Å². The maximum Gasteiger partial charge on any atom is 0.239 e. The number of piperidine rings is 1. The number of likely N-dealkylation sites (N-methyl/N-ethyl adjacent to an activating group) is 1. The molecule has 4 nitrogen and oxygen atoms in total. The lowest BCUT2D eigenvalue weighted by Crippen LogP contribution is -2.47. The number of benzene rings is 1. The van der Waals surface area contributed by atoms with E-state index in [9.17, 15) is 4.79 Å². The summed E-state index contributed by atoms with van der Waals surface area (Å²) in [5.74, 6) is 0.861. The van der Waals surface area contributed by atoms with Crippen molar-refractivity contribution in [2.45, 2.75) is 39.3 Å². The van der Waals surface area contributed by atoms with Crippen LogP contribution in [0, 0.1) is 11.8 Å². The maximum absolute atomic E-state index is 12.3. The summed E-state index contributed by atoms with van der Waals surface area (Å²) < 4.78 is 0. The fourth-order valence-corrected chi connectivity index (χ4v) is 3.19. The predicted octanol–water partition coefficient (Wildman–Crippen LogP) is 2.34. The molecule has 1 heterocycles. The lowest BCUT2D eigenvalue weighted by atomic mass is 9.95. The van der Waals surface area contributed by atoms with E-state index in [4.69, 9.17) is 5.73 Å². The lowest BCUT2D eigenvalue weighted by Gasteiger charge is -2.34. The van der Waals surface area contributed by atoms with Crippen LogP contribution in [0.3, 0.4) is 0 Å². The van der Waals surface area contributed by atoms with E-state index in [2.05, 4.69) is 35.2 Å². The van der Waals surface area contributed by atoms with E-state index in [1.165, 1.54) is 5.56 Å². The minimum absolute atomic E-state index is 0.0757. The average Bonchev–Trinajstić information content (AvgIpc) is 2.56. The number of rotatable bonds is 6. The number of carbonyl (C=O) groups excluding carboxylic acids is 1. The molecule has 1 aromatic rings. The average molecular weight is 317 g/mol. The van der Waals surface area contributed by atoms with Crippen LogP contribution < -0.4 is 5.73 Å². The molecular formula is C19H31N3O. The topological polar surface area (TPSA) is 49.6 Å². The number of carbonyl (C=O) groups is 1.